The highest BCUT2D eigenvalue weighted by Gasteiger charge is 2.17. The van der Waals surface area contributed by atoms with Gasteiger partial charge in [0, 0.05) is 23.2 Å². The van der Waals surface area contributed by atoms with Crippen LogP contribution in [0.5, 0.6) is 0 Å². The van der Waals surface area contributed by atoms with Crippen LogP contribution >= 0.6 is 15.9 Å². The van der Waals surface area contributed by atoms with Crippen LogP contribution in [-0.4, -0.2) is 29.3 Å². The van der Waals surface area contributed by atoms with Gasteiger partial charge in [-0.05, 0) is 21.5 Å². The highest BCUT2D eigenvalue weighted by atomic mass is 79.9. The standard InChI is InChI=1S/C16H16BrFN2O4/c17-13-6-16(20(22)23)14(18)7-15(13)19-8-12(21)10-24-9-11-4-2-1-3-5-11/h1-7,12,19,21H,8-10H2/t12-/m0/s1. The van der Waals surface area contributed by atoms with E-state index >= 15 is 0 Å². The summed E-state index contributed by atoms with van der Waals surface area (Å²) >= 11 is 3.14. The monoisotopic (exact) mass is 398 g/mol. The highest BCUT2D eigenvalue weighted by molar-refractivity contribution is 9.10. The minimum absolute atomic E-state index is 0.106. The molecule has 128 valence electrons. The Bertz CT molecular complexity index is 700. The Balaban J connectivity index is 1.82. The fourth-order valence-corrected chi connectivity index (χ4v) is 2.46. The van der Waals surface area contributed by atoms with Gasteiger partial charge in [-0.15, -0.1) is 0 Å². The van der Waals surface area contributed by atoms with Crippen LogP contribution in [0.3, 0.4) is 0 Å². The maximum absolute atomic E-state index is 13.6. The number of halogens is 2. The summed E-state index contributed by atoms with van der Waals surface area (Å²) in [5.41, 5.74) is 0.706. The Morgan fingerprint density at radius 2 is 2.04 bits per heavy atom. The van der Waals surface area contributed by atoms with Gasteiger partial charge in [0.1, 0.15) is 0 Å². The molecule has 0 aliphatic rings. The summed E-state index contributed by atoms with van der Waals surface area (Å²) in [6, 6.07) is 11.6. The summed E-state index contributed by atoms with van der Waals surface area (Å²) in [7, 11) is 0. The zero-order chi connectivity index (χ0) is 17.5. The van der Waals surface area contributed by atoms with Gasteiger partial charge < -0.3 is 15.2 Å². The van der Waals surface area contributed by atoms with Crippen LogP contribution in [0.25, 0.3) is 0 Å². The van der Waals surface area contributed by atoms with Crippen LogP contribution in [0.15, 0.2) is 46.9 Å². The first kappa shape index (κ1) is 18.3. The number of benzene rings is 2. The van der Waals surface area contributed by atoms with E-state index in [1.54, 1.807) is 0 Å². The van der Waals surface area contributed by atoms with E-state index in [0.29, 0.717) is 16.8 Å². The zero-order valence-corrected chi connectivity index (χ0v) is 14.2. The summed E-state index contributed by atoms with van der Waals surface area (Å²) in [5, 5.41) is 23.4. The lowest BCUT2D eigenvalue weighted by Gasteiger charge is -2.14. The lowest BCUT2D eigenvalue weighted by Crippen LogP contribution is -2.25. The van der Waals surface area contributed by atoms with E-state index in [0.717, 1.165) is 17.7 Å². The third-order valence-electron chi connectivity index (χ3n) is 3.18. The van der Waals surface area contributed by atoms with Gasteiger partial charge in [-0.3, -0.25) is 10.1 Å². The quantitative estimate of drug-likeness (QED) is 0.525. The molecular weight excluding hydrogens is 383 g/mol. The van der Waals surface area contributed by atoms with Gasteiger partial charge in [0.15, 0.2) is 0 Å². The van der Waals surface area contributed by atoms with Crippen molar-refractivity contribution in [3.05, 3.63) is 68.4 Å². The third-order valence-corrected chi connectivity index (χ3v) is 3.84. The lowest BCUT2D eigenvalue weighted by molar-refractivity contribution is -0.387. The van der Waals surface area contributed by atoms with Gasteiger partial charge in [0.2, 0.25) is 5.82 Å². The fraction of sp³-hybridized carbons (Fsp3) is 0.250. The molecule has 0 fully saturated rings. The molecule has 2 aromatic carbocycles. The van der Waals surface area contributed by atoms with Crippen molar-refractivity contribution < 1.29 is 19.2 Å². The molecule has 0 aromatic heterocycles. The summed E-state index contributed by atoms with van der Waals surface area (Å²) in [4.78, 5) is 9.86. The van der Waals surface area contributed by atoms with Crippen LogP contribution in [0.1, 0.15) is 5.56 Å². The van der Waals surface area contributed by atoms with Crippen LogP contribution in [0, 0.1) is 15.9 Å². The zero-order valence-electron chi connectivity index (χ0n) is 12.6. The number of hydrogen-bond acceptors (Lipinski definition) is 5. The SMILES string of the molecule is O=[N+]([O-])c1cc(Br)c(NC[C@H](O)COCc2ccccc2)cc1F. The summed E-state index contributed by atoms with van der Waals surface area (Å²) in [5.74, 6) is -0.944. The van der Waals surface area contributed by atoms with Crippen LogP contribution in [0.4, 0.5) is 15.8 Å². The molecule has 6 nitrogen and oxygen atoms in total. The summed E-state index contributed by atoms with van der Waals surface area (Å²) < 4.78 is 19.4. The number of aliphatic hydroxyl groups is 1. The molecular formula is C16H16BrFN2O4. The molecule has 2 N–H and O–H groups in total. The van der Waals surface area contributed by atoms with Crippen LogP contribution in [0.2, 0.25) is 0 Å². The molecule has 0 saturated heterocycles. The van der Waals surface area contributed by atoms with Crippen molar-refractivity contribution in [1.82, 2.24) is 0 Å². The largest absolute Gasteiger partial charge is 0.389 e. The molecule has 2 aromatic rings. The van der Waals surface area contributed by atoms with Crippen molar-refractivity contribution >= 4 is 27.3 Å². The number of hydrogen-bond donors (Lipinski definition) is 2. The van der Waals surface area contributed by atoms with Gasteiger partial charge in [0.05, 0.1) is 29.9 Å². The minimum atomic E-state index is -0.944. The molecule has 0 spiro atoms. The molecule has 0 radical (unpaired) electrons. The number of nitro benzene ring substituents is 1. The Morgan fingerprint density at radius 3 is 2.71 bits per heavy atom. The molecule has 0 heterocycles. The first-order chi connectivity index (χ1) is 11.5. The topological polar surface area (TPSA) is 84.6 Å². The number of nitrogens with zero attached hydrogens (tertiary/aromatic N) is 1. The van der Waals surface area contributed by atoms with E-state index in [4.69, 9.17) is 4.74 Å². The molecule has 2 rings (SSSR count). The number of anilines is 1. The second-order valence-electron chi connectivity index (χ2n) is 5.08. The average Bonchev–Trinajstić information content (AvgIpc) is 2.56. The molecule has 0 saturated carbocycles. The molecule has 0 aliphatic carbocycles. The Hall–Kier alpha value is -2.03. The van der Waals surface area contributed by atoms with Crippen molar-refractivity contribution in [1.29, 1.82) is 0 Å². The van der Waals surface area contributed by atoms with Gasteiger partial charge in [-0.25, -0.2) is 0 Å². The molecule has 0 unspecified atom stereocenters. The maximum atomic E-state index is 13.6. The van der Waals surface area contributed by atoms with Crippen molar-refractivity contribution in [2.75, 3.05) is 18.5 Å². The van der Waals surface area contributed by atoms with E-state index in [2.05, 4.69) is 21.2 Å². The second-order valence-corrected chi connectivity index (χ2v) is 5.93. The smallest absolute Gasteiger partial charge is 0.306 e. The summed E-state index contributed by atoms with van der Waals surface area (Å²) in [6.45, 7) is 0.605. The normalized spacial score (nSPS) is 12.0. The van der Waals surface area contributed by atoms with E-state index in [9.17, 15) is 19.6 Å². The molecule has 24 heavy (non-hydrogen) atoms. The van der Waals surface area contributed by atoms with Crippen LogP contribution < -0.4 is 5.32 Å². The summed E-state index contributed by atoms with van der Waals surface area (Å²) in [6.07, 6.45) is -0.807. The van der Waals surface area contributed by atoms with Crippen LogP contribution in [-0.2, 0) is 11.3 Å². The van der Waals surface area contributed by atoms with E-state index < -0.39 is 22.5 Å². The van der Waals surface area contributed by atoms with E-state index in [1.807, 2.05) is 30.3 Å². The predicted molar refractivity (Wildman–Crippen MR) is 91.3 cm³/mol. The van der Waals surface area contributed by atoms with Crippen molar-refractivity contribution in [3.63, 3.8) is 0 Å². The van der Waals surface area contributed by atoms with Gasteiger partial charge in [0.25, 0.3) is 0 Å². The number of nitrogens with one attached hydrogen (secondary N) is 1. The van der Waals surface area contributed by atoms with Gasteiger partial charge in [-0.2, -0.15) is 4.39 Å². The lowest BCUT2D eigenvalue weighted by atomic mass is 10.2. The van der Waals surface area contributed by atoms with Crippen molar-refractivity contribution in [3.8, 4) is 0 Å². The third kappa shape index (κ3) is 5.26. The number of rotatable bonds is 8. The maximum Gasteiger partial charge on any atom is 0.306 e. The van der Waals surface area contributed by atoms with E-state index in [1.165, 1.54) is 0 Å². The Morgan fingerprint density at radius 1 is 1.33 bits per heavy atom. The molecule has 0 amide bonds. The molecule has 0 bridgehead atoms. The Labute approximate surface area is 146 Å². The number of aliphatic hydroxyl groups excluding tert-OH is 1. The molecule has 0 aliphatic heterocycles. The number of ether oxygens (including phenoxy) is 1. The second kappa shape index (κ2) is 8.72. The fourth-order valence-electron chi connectivity index (χ4n) is 1.99. The molecule has 1 atom stereocenters. The van der Waals surface area contributed by atoms with Crippen molar-refractivity contribution in [2.24, 2.45) is 0 Å². The minimum Gasteiger partial charge on any atom is -0.389 e. The highest BCUT2D eigenvalue weighted by Crippen LogP contribution is 2.30. The van der Waals surface area contributed by atoms with E-state index in [-0.39, 0.29) is 13.2 Å². The van der Waals surface area contributed by atoms with Gasteiger partial charge in [-0.1, -0.05) is 30.3 Å². The number of nitro groups is 1. The van der Waals surface area contributed by atoms with Crippen molar-refractivity contribution in [2.45, 2.75) is 12.7 Å². The molecule has 8 heteroatoms. The first-order valence-corrected chi connectivity index (χ1v) is 7.93. The Kier molecular flexibility index (Phi) is 6.65. The predicted octanol–water partition coefficient (Wildman–Crippen LogP) is 3.49. The first-order valence-electron chi connectivity index (χ1n) is 7.14. The van der Waals surface area contributed by atoms with Gasteiger partial charge >= 0.3 is 5.69 Å². The average molecular weight is 399 g/mol.